The molecule has 2 aromatic rings. The largest absolute Gasteiger partial charge is 0.495 e. The molecule has 0 aliphatic rings. The summed E-state index contributed by atoms with van der Waals surface area (Å²) < 4.78 is 32.7. The SMILES string of the molecule is COc1ccc(Cl)cc1S(=O)(=O)N[C@@H](C)C(=O)Nc1cccc(C)c1C. The lowest BCUT2D eigenvalue weighted by molar-refractivity contribution is -0.117. The smallest absolute Gasteiger partial charge is 0.245 e. The predicted octanol–water partition coefficient (Wildman–Crippen LogP) is 3.27. The maximum Gasteiger partial charge on any atom is 0.245 e. The van der Waals surface area contributed by atoms with Crippen LogP contribution in [0.2, 0.25) is 5.02 Å². The number of halogens is 1. The lowest BCUT2D eigenvalue weighted by Gasteiger charge is -2.17. The zero-order chi connectivity index (χ0) is 19.5. The highest BCUT2D eigenvalue weighted by molar-refractivity contribution is 7.89. The molecule has 0 radical (unpaired) electrons. The molecule has 0 heterocycles. The second kappa shape index (κ2) is 8.07. The minimum Gasteiger partial charge on any atom is -0.495 e. The van der Waals surface area contributed by atoms with E-state index >= 15 is 0 Å². The van der Waals surface area contributed by atoms with Gasteiger partial charge in [0, 0.05) is 10.7 Å². The van der Waals surface area contributed by atoms with E-state index in [9.17, 15) is 13.2 Å². The number of ether oxygens (including phenoxy) is 1. The minimum atomic E-state index is -4.00. The van der Waals surface area contributed by atoms with E-state index in [-0.39, 0.29) is 15.7 Å². The van der Waals surface area contributed by atoms with Gasteiger partial charge in [-0.25, -0.2) is 8.42 Å². The lowest BCUT2D eigenvalue weighted by Crippen LogP contribution is -2.41. The third kappa shape index (κ3) is 4.55. The van der Waals surface area contributed by atoms with Crippen LogP contribution in [0.1, 0.15) is 18.1 Å². The third-order valence-corrected chi connectivity index (χ3v) is 5.80. The number of carbonyl (C=O) groups is 1. The summed E-state index contributed by atoms with van der Waals surface area (Å²) in [5.41, 5.74) is 2.59. The van der Waals surface area contributed by atoms with Crippen molar-refractivity contribution in [3.8, 4) is 5.75 Å². The van der Waals surface area contributed by atoms with Gasteiger partial charge in [0.15, 0.2) is 0 Å². The van der Waals surface area contributed by atoms with Crippen LogP contribution in [0.3, 0.4) is 0 Å². The first kappa shape index (κ1) is 20.2. The number of carbonyl (C=O) groups excluding carboxylic acids is 1. The lowest BCUT2D eigenvalue weighted by atomic mass is 10.1. The first-order valence-electron chi connectivity index (χ1n) is 7.88. The molecule has 0 aromatic heterocycles. The van der Waals surface area contributed by atoms with E-state index in [2.05, 4.69) is 10.0 Å². The van der Waals surface area contributed by atoms with Gasteiger partial charge in [-0.3, -0.25) is 4.79 Å². The topological polar surface area (TPSA) is 84.5 Å². The second-order valence-electron chi connectivity index (χ2n) is 5.87. The van der Waals surface area contributed by atoms with Crippen molar-refractivity contribution >= 4 is 33.2 Å². The maximum absolute atomic E-state index is 12.6. The summed E-state index contributed by atoms with van der Waals surface area (Å²) >= 11 is 5.89. The van der Waals surface area contributed by atoms with Gasteiger partial charge in [0.25, 0.3) is 0 Å². The van der Waals surface area contributed by atoms with Gasteiger partial charge in [-0.1, -0.05) is 23.7 Å². The van der Waals surface area contributed by atoms with Crippen molar-refractivity contribution in [1.29, 1.82) is 0 Å². The Kier molecular flexibility index (Phi) is 6.28. The molecule has 0 saturated heterocycles. The number of nitrogens with one attached hydrogen (secondary N) is 2. The zero-order valence-electron chi connectivity index (χ0n) is 15.0. The van der Waals surface area contributed by atoms with Gasteiger partial charge >= 0.3 is 0 Å². The van der Waals surface area contributed by atoms with E-state index in [0.717, 1.165) is 11.1 Å². The van der Waals surface area contributed by atoms with Gasteiger partial charge in [-0.2, -0.15) is 4.72 Å². The van der Waals surface area contributed by atoms with Crippen molar-refractivity contribution in [1.82, 2.24) is 4.72 Å². The average molecular weight is 397 g/mol. The van der Waals surface area contributed by atoms with Crippen LogP contribution in [0.25, 0.3) is 0 Å². The molecule has 2 rings (SSSR count). The molecule has 6 nitrogen and oxygen atoms in total. The molecule has 2 N–H and O–H groups in total. The van der Waals surface area contributed by atoms with Crippen molar-refractivity contribution < 1.29 is 17.9 Å². The van der Waals surface area contributed by atoms with E-state index in [1.807, 2.05) is 26.0 Å². The maximum atomic E-state index is 12.6. The molecule has 2 aromatic carbocycles. The number of amides is 1. The van der Waals surface area contributed by atoms with Gasteiger partial charge in [0.1, 0.15) is 10.6 Å². The van der Waals surface area contributed by atoms with Gasteiger partial charge in [0.05, 0.1) is 13.2 Å². The molecule has 1 atom stereocenters. The summed E-state index contributed by atoms with van der Waals surface area (Å²) in [6.45, 7) is 5.29. The van der Waals surface area contributed by atoms with E-state index < -0.39 is 22.0 Å². The van der Waals surface area contributed by atoms with Crippen LogP contribution in [0.5, 0.6) is 5.75 Å². The molecular formula is C18H21ClN2O4S. The van der Waals surface area contributed by atoms with E-state index in [4.69, 9.17) is 16.3 Å². The summed E-state index contributed by atoms with van der Waals surface area (Å²) in [6, 6.07) is 8.78. The fourth-order valence-corrected chi connectivity index (χ4v) is 3.97. The Morgan fingerprint density at radius 2 is 1.88 bits per heavy atom. The fourth-order valence-electron chi connectivity index (χ4n) is 2.34. The van der Waals surface area contributed by atoms with Crippen LogP contribution in [-0.4, -0.2) is 27.5 Å². The molecule has 0 aliphatic heterocycles. The Balaban J connectivity index is 2.20. The number of anilines is 1. The Morgan fingerprint density at radius 1 is 1.19 bits per heavy atom. The Bertz CT molecular complexity index is 929. The number of sulfonamides is 1. The number of hydrogen-bond acceptors (Lipinski definition) is 4. The summed E-state index contributed by atoms with van der Waals surface area (Å²) in [5, 5.41) is 2.99. The van der Waals surface area contributed by atoms with Gasteiger partial charge in [-0.05, 0) is 56.2 Å². The summed E-state index contributed by atoms with van der Waals surface area (Å²) in [4.78, 5) is 12.3. The van der Waals surface area contributed by atoms with Gasteiger partial charge in [0.2, 0.25) is 15.9 Å². The Hall–Kier alpha value is -2.09. The first-order chi connectivity index (χ1) is 12.2. The molecule has 0 fully saturated rings. The molecule has 8 heteroatoms. The summed E-state index contributed by atoms with van der Waals surface area (Å²) in [6.07, 6.45) is 0. The van der Waals surface area contributed by atoms with E-state index in [0.29, 0.717) is 5.69 Å². The standard InChI is InChI=1S/C18H21ClN2O4S/c1-11-6-5-7-15(12(11)2)20-18(22)13(3)21-26(23,24)17-10-14(19)8-9-16(17)25-4/h5-10,13,21H,1-4H3,(H,20,22)/t13-/m0/s1. The van der Waals surface area contributed by atoms with Crippen molar-refractivity contribution in [3.05, 3.63) is 52.5 Å². The quantitative estimate of drug-likeness (QED) is 0.784. The number of rotatable bonds is 6. The van der Waals surface area contributed by atoms with Gasteiger partial charge in [-0.15, -0.1) is 0 Å². The molecule has 0 aliphatic carbocycles. The first-order valence-corrected chi connectivity index (χ1v) is 9.74. The summed E-state index contributed by atoms with van der Waals surface area (Å²) in [7, 11) is -2.64. The average Bonchev–Trinajstić information content (AvgIpc) is 2.58. The molecule has 1 amide bonds. The van der Waals surface area contributed by atoms with Gasteiger partial charge < -0.3 is 10.1 Å². The third-order valence-electron chi connectivity index (χ3n) is 4.00. The normalized spacial score (nSPS) is 12.5. The Labute approximate surface area is 158 Å². The van der Waals surface area contributed by atoms with Crippen molar-refractivity contribution in [3.63, 3.8) is 0 Å². The number of aryl methyl sites for hydroxylation is 1. The highest BCUT2D eigenvalue weighted by Gasteiger charge is 2.25. The minimum absolute atomic E-state index is 0.126. The van der Waals surface area contributed by atoms with Crippen molar-refractivity contribution in [2.45, 2.75) is 31.7 Å². The molecule has 0 unspecified atom stereocenters. The van der Waals surface area contributed by atoms with Crippen LogP contribution < -0.4 is 14.8 Å². The van der Waals surface area contributed by atoms with Crippen molar-refractivity contribution in [2.75, 3.05) is 12.4 Å². The highest BCUT2D eigenvalue weighted by Crippen LogP contribution is 2.27. The molecular weight excluding hydrogens is 376 g/mol. The van der Waals surface area contributed by atoms with Crippen LogP contribution in [0.15, 0.2) is 41.3 Å². The molecule has 0 saturated carbocycles. The molecule has 26 heavy (non-hydrogen) atoms. The van der Waals surface area contributed by atoms with E-state index in [1.165, 1.54) is 32.2 Å². The predicted molar refractivity (Wildman–Crippen MR) is 102 cm³/mol. The molecule has 0 bridgehead atoms. The highest BCUT2D eigenvalue weighted by atomic mass is 35.5. The monoisotopic (exact) mass is 396 g/mol. The molecule has 140 valence electrons. The molecule has 0 spiro atoms. The second-order valence-corrected chi connectivity index (χ2v) is 7.99. The van der Waals surface area contributed by atoms with Crippen LogP contribution in [-0.2, 0) is 14.8 Å². The number of methoxy groups -OCH3 is 1. The Morgan fingerprint density at radius 3 is 2.54 bits per heavy atom. The van der Waals surface area contributed by atoms with Crippen LogP contribution >= 0.6 is 11.6 Å². The van der Waals surface area contributed by atoms with Crippen molar-refractivity contribution in [2.24, 2.45) is 0 Å². The zero-order valence-corrected chi connectivity index (χ0v) is 16.5. The number of benzene rings is 2. The summed E-state index contributed by atoms with van der Waals surface area (Å²) in [5.74, 6) is -0.327. The van der Waals surface area contributed by atoms with Crippen LogP contribution in [0.4, 0.5) is 5.69 Å². The number of hydrogen-bond donors (Lipinski definition) is 2. The fraction of sp³-hybridized carbons (Fsp3) is 0.278. The van der Waals surface area contributed by atoms with E-state index in [1.54, 1.807) is 6.07 Å². The van der Waals surface area contributed by atoms with Crippen LogP contribution in [0, 0.1) is 13.8 Å².